The van der Waals surface area contributed by atoms with E-state index in [4.69, 9.17) is 15.5 Å². The van der Waals surface area contributed by atoms with Crippen LogP contribution in [-0.4, -0.2) is 57.9 Å². The van der Waals surface area contributed by atoms with Crippen LogP contribution in [0.5, 0.6) is 5.75 Å². The van der Waals surface area contributed by atoms with Gasteiger partial charge >= 0.3 is 0 Å². The lowest BCUT2D eigenvalue weighted by atomic mass is 9.71. The van der Waals surface area contributed by atoms with Gasteiger partial charge in [0, 0.05) is 47.6 Å². The summed E-state index contributed by atoms with van der Waals surface area (Å²) in [5.74, 6) is 2.62. The van der Waals surface area contributed by atoms with E-state index < -0.39 is 0 Å². The average Bonchev–Trinajstić information content (AvgIpc) is 3.47. The molecule has 3 unspecified atom stereocenters. The topological polar surface area (TPSA) is 78.3 Å². The maximum absolute atomic E-state index is 14.0. The van der Waals surface area contributed by atoms with Crippen molar-refractivity contribution >= 4 is 35.7 Å². The van der Waals surface area contributed by atoms with E-state index in [1.165, 1.54) is 29.3 Å². The Kier molecular flexibility index (Phi) is 5.80. The molecule has 1 saturated heterocycles. The molecule has 212 valence electrons. The number of carbonyl (C=O) groups is 1. The number of likely N-dealkylation sites (tertiary alicyclic amines) is 1. The Labute approximate surface area is 246 Å². The number of methoxy groups -OCH3 is 1. The van der Waals surface area contributed by atoms with Crippen LogP contribution in [0.1, 0.15) is 41.6 Å². The molecule has 2 aliphatic carbocycles. The Hall–Kier alpha value is -4.04. The van der Waals surface area contributed by atoms with Gasteiger partial charge in [0.05, 0.1) is 18.3 Å². The SMILES string of the molecule is BC1(N)C2CCC1N(C(=O)c1cc(OC)c3c(c1)nc(-c1cc4ccccc4n1CC1CC1)n3Cc1ccccc1)C2. The average molecular weight is 558 g/mol. The minimum Gasteiger partial charge on any atom is -0.494 e. The van der Waals surface area contributed by atoms with E-state index in [-0.39, 0.29) is 17.4 Å². The molecule has 1 amide bonds. The number of fused-ring (bicyclic) bond motifs is 4. The first-order valence-corrected chi connectivity index (χ1v) is 15.2. The summed E-state index contributed by atoms with van der Waals surface area (Å²) in [5, 5.41) is 1.21. The maximum Gasteiger partial charge on any atom is 0.254 e. The molecule has 3 atom stereocenters. The Balaban J connectivity index is 1.31. The molecule has 3 fully saturated rings. The number of imidazole rings is 1. The van der Waals surface area contributed by atoms with Crippen molar-refractivity contribution in [1.29, 1.82) is 0 Å². The Morgan fingerprint density at radius 1 is 1.02 bits per heavy atom. The van der Waals surface area contributed by atoms with Crippen molar-refractivity contribution in [3.63, 3.8) is 0 Å². The molecule has 8 rings (SSSR count). The van der Waals surface area contributed by atoms with Crippen LogP contribution < -0.4 is 10.5 Å². The Bertz CT molecular complexity index is 1840. The largest absolute Gasteiger partial charge is 0.494 e. The maximum atomic E-state index is 14.0. The van der Waals surface area contributed by atoms with Gasteiger partial charge in [0.2, 0.25) is 0 Å². The molecule has 2 saturated carbocycles. The molecule has 2 N–H and O–H groups in total. The molecule has 3 heterocycles. The second-order valence-electron chi connectivity index (χ2n) is 12.8. The molecule has 0 spiro atoms. The minimum absolute atomic E-state index is 0.0149. The second-order valence-corrected chi connectivity index (χ2v) is 12.8. The third-order valence-corrected chi connectivity index (χ3v) is 10.1. The molecule has 42 heavy (non-hydrogen) atoms. The highest BCUT2D eigenvalue weighted by molar-refractivity contribution is 6.17. The summed E-state index contributed by atoms with van der Waals surface area (Å²) in [5.41, 5.74) is 12.2. The lowest BCUT2D eigenvalue weighted by Crippen LogP contribution is -2.52. The van der Waals surface area contributed by atoms with E-state index >= 15 is 0 Å². The molecule has 8 heteroatoms. The highest BCUT2D eigenvalue weighted by Gasteiger charge is 2.54. The highest BCUT2D eigenvalue weighted by Crippen LogP contribution is 2.44. The van der Waals surface area contributed by atoms with Gasteiger partial charge in [-0.2, -0.15) is 0 Å². The first kappa shape index (κ1) is 25.7. The van der Waals surface area contributed by atoms with Crippen molar-refractivity contribution < 1.29 is 9.53 Å². The Morgan fingerprint density at radius 3 is 2.52 bits per heavy atom. The van der Waals surface area contributed by atoms with E-state index in [0.717, 1.165) is 41.9 Å². The smallest absolute Gasteiger partial charge is 0.254 e. The van der Waals surface area contributed by atoms with E-state index in [1.54, 1.807) is 7.11 Å². The van der Waals surface area contributed by atoms with Crippen LogP contribution in [0.4, 0.5) is 0 Å². The van der Waals surface area contributed by atoms with Crippen molar-refractivity contribution in [2.24, 2.45) is 17.6 Å². The second kappa shape index (κ2) is 9.49. The van der Waals surface area contributed by atoms with Crippen LogP contribution >= 0.6 is 0 Å². The first-order chi connectivity index (χ1) is 20.4. The molecule has 5 aromatic rings. The number of nitrogens with zero attached hydrogens (tertiary/aromatic N) is 4. The lowest BCUT2D eigenvalue weighted by Gasteiger charge is -2.30. The van der Waals surface area contributed by atoms with E-state index in [1.807, 2.05) is 23.1 Å². The normalized spacial score (nSPS) is 23.3. The van der Waals surface area contributed by atoms with Crippen molar-refractivity contribution in [2.45, 2.75) is 50.3 Å². The number of piperidine rings is 1. The zero-order valence-electron chi connectivity index (χ0n) is 24.3. The van der Waals surface area contributed by atoms with Gasteiger partial charge in [-0.05, 0) is 67.3 Å². The number of para-hydroxylation sites is 1. The molecular weight excluding hydrogens is 521 g/mol. The monoisotopic (exact) mass is 557 g/mol. The number of ether oxygens (including phenoxy) is 1. The number of carbonyl (C=O) groups excluding carboxylic acids is 1. The fourth-order valence-electron chi connectivity index (χ4n) is 7.56. The number of aromatic nitrogens is 3. The van der Waals surface area contributed by atoms with E-state index in [2.05, 4.69) is 71.6 Å². The van der Waals surface area contributed by atoms with Gasteiger partial charge in [-0.1, -0.05) is 48.5 Å². The molecule has 0 radical (unpaired) electrons. The summed E-state index contributed by atoms with van der Waals surface area (Å²) in [6, 6.07) is 25.3. The standard InChI is InChI=1S/C34H36BN5O2/c1-42-29-17-24(33(41)39-20-25-13-14-30(39)34(25,35)36)15-26-31(29)40(19-21-7-3-2-4-8-21)32(37-26)28-16-23-9-5-6-10-27(23)38(28)18-22-11-12-22/h2-10,15-17,22,25,30H,11-14,18-20,35-36H2,1H3. The van der Waals surface area contributed by atoms with Gasteiger partial charge in [-0.3, -0.25) is 4.79 Å². The summed E-state index contributed by atoms with van der Waals surface area (Å²) < 4.78 is 10.7. The van der Waals surface area contributed by atoms with Gasteiger partial charge in [0.25, 0.3) is 5.91 Å². The number of rotatable bonds is 7. The molecular formula is C34H36BN5O2. The van der Waals surface area contributed by atoms with Crippen LogP contribution in [0.15, 0.2) is 72.8 Å². The summed E-state index contributed by atoms with van der Waals surface area (Å²) in [6.07, 6.45) is 4.59. The molecule has 7 nitrogen and oxygen atoms in total. The zero-order valence-corrected chi connectivity index (χ0v) is 24.3. The van der Waals surface area contributed by atoms with Crippen molar-refractivity contribution in [2.75, 3.05) is 13.7 Å². The predicted molar refractivity (Wildman–Crippen MR) is 168 cm³/mol. The summed E-state index contributed by atoms with van der Waals surface area (Å²) in [6.45, 7) is 2.34. The van der Waals surface area contributed by atoms with E-state index in [0.29, 0.717) is 36.2 Å². The fourth-order valence-corrected chi connectivity index (χ4v) is 7.56. The number of hydrogen-bond donors (Lipinski definition) is 1. The van der Waals surface area contributed by atoms with Crippen LogP contribution in [-0.2, 0) is 13.1 Å². The summed E-state index contributed by atoms with van der Waals surface area (Å²) in [4.78, 5) is 21.2. The van der Waals surface area contributed by atoms with Crippen LogP contribution in [0.3, 0.4) is 0 Å². The van der Waals surface area contributed by atoms with Crippen molar-refractivity contribution in [1.82, 2.24) is 19.0 Å². The molecule has 3 aliphatic rings. The molecule has 2 bridgehead atoms. The quantitative estimate of drug-likeness (QED) is 0.296. The van der Waals surface area contributed by atoms with Gasteiger partial charge in [0.15, 0.2) is 5.82 Å². The van der Waals surface area contributed by atoms with Gasteiger partial charge in [0.1, 0.15) is 19.1 Å². The van der Waals surface area contributed by atoms with Crippen LogP contribution in [0.2, 0.25) is 0 Å². The lowest BCUT2D eigenvalue weighted by molar-refractivity contribution is 0.0697. The van der Waals surface area contributed by atoms with Crippen molar-refractivity contribution in [3.05, 3.63) is 83.9 Å². The van der Waals surface area contributed by atoms with E-state index in [9.17, 15) is 4.79 Å². The summed E-state index contributed by atoms with van der Waals surface area (Å²) in [7, 11) is 3.78. The molecule has 2 aromatic heterocycles. The minimum atomic E-state index is -0.330. The van der Waals surface area contributed by atoms with Gasteiger partial charge < -0.3 is 24.5 Å². The summed E-state index contributed by atoms with van der Waals surface area (Å²) >= 11 is 0. The third kappa shape index (κ3) is 3.99. The highest BCUT2D eigenvalue weighted by atomic mass is 16.5. The van der Waals surface area contributed by atoms with Crippen molar-refractivity contribution in [3.8, 4) is 17.3 Å². The predicted octanol–water partition coefficient (Wildman–Crippen LogP) is 4.65. The Morgan fingerprint density at radius 2 is 1.81 bits per heavy atom. The third-order valence-electron chi connectivity index (χ3n) is 10.1. The fraction of sp³-hybridized carbons (Fsp3) is 0.353. The number of nitrogens with two attached hydrogens (primary N) is 1. The van der Waals surface area contributed by atoms with Crippen LogP contribution in [0.25, 0.3) is 33.5 Å². The van der Waals surface area contributed by atoms with Gasteiger partial charge in [-0.25, -0.2) is 4.98 Å². The number of amides is 1. The van der Waals surface area contributed by atoms with Crippen LogP contribution in [0, 0.1) is 11.8 Å². The zero-order chi connectivity index (χ0) is 28.6. The molecule has 1 aliphatic heterocycles. The number of hydrogen-bond acceptors (Lipinski definition) is 4. The number of benzene rings is 3. The first-order valence-electron chi connectivity index (χ1n) is 15.2. The van der Waals surface area contributed by atoms with Gasteiger partial charge in [-0.15, -0.1) is 0 Å². The molecule has 3 aromatic carbocycles.